The lowest BCUT2D eigenvalue weighted by molar-refractivity contribution is 0.100. The number of Topliss-reactive ketones (excluding diaryl/α,β-unsaturated/α-hetero) is 1. The van der Waals surface area contributed by atoms with Gasteiger partial charge in [0.15, 0.2) is 16.7 Å². The maximum Gasteiger partial charge on any atom is 0.260 e. The van der Waals surface area contributed by atoms with Crippen LogP contribution in [0.2, 0.25) is 0 Å². The van der Waals surface area contributed by atoms with Gasteiger partial charge in [-0.3, -0.25) is 14.9 Å². The third-order valence-electron chi connectivity index (χ3n) is 3.03. The van der Waals surface area contributed by atoms with Gasteiger partial charge in [-0.1, -0.05) is 30.3 Å². The van der Waals surface area contributed by atoms with Gasteiger partial charge in [-0.25, -0.2) is 15.0 Å². The van der Waals surface area contributed by atoms with Crippen LogP contribution >= 0.6 is 11.3 Å². The van der Waals surface area contributed by atoms with E-state index in [0.717, 1.165) is 5.56 Å². The van der Waals surface area contributed by atoms with Gasteiger partial charge in [0.25, 0.3) is 5.91 Å². The van der Waals surface area contributed by atoms with Crippen molar-refractivity contribution in [1.82, 2.24) is 15.0 Å². The van der Waals surface area contributed by atoms with Crippen LogP contribution in [0.25, 0.3) is 11.4 Å². The summed E-state index contributed by atoms with van der Waals surface area (Å²) in [5, 5.41) is 4.60. The minimum atomic E-state index is -0.367. The normalized spacial score (nSPS) is 10.3. The molecule has 0 spiro atoms. The highest BCUT2D eigenvalue weighted by atomic mass is 32.1. The van der Waals surface area contributed by atoms with Crippen molar-refractivity contribution in [3.63, 3.8) is 0 Å². The second-order valence-electron chi connectivity index (χ2n) is 4.71. The summed E-state index contributed by atoms with van der Waals surface area (Å²) < 4.78 is 0. The number of aromatic nitrogens is 3. The average Bonchev–Trinajstić information content (AvgIpc) is 3.04. The van der Waals surface area contributed by atoms with Gasteiger partial charge >= 0.3 is 0 Å². The number of benzene rings is 1. The predicted octanol–water partition coefficient (Wildman–Crippen LogP) is 3.06. The number of hydrogen-bond donors (Lipinski definition) is 1. The maximum atomic E-state index is 12.1. The van der Waals surface area contributed by atoms with Gasteiger partial charge in [0.05, 0.1) is 5.56 Å². The molecule has 23 heavy (non-hydrogen) atoms. The molecular weight excluding hydrogens is 312 g/mol. The van der Waals surface area contributed by atoms with Crippen molar-refractivity contribution in [3.05, 3.63) is 59.4 Å². The zero-order valence-corrected chi connectivity index (χ0v) is 13.0. The molecule has 2 heterocycles. The van der Waals surface area contributed by atoms with Crippen molar-refractivity contribution >= 4 is 28.2 Å². The number of ketones is 1. The largest absolute Gasteiger partial charge is 0.298 e. The van der Waals surface area contributed by atoms with E-state index in [-0.39, 0.29) is 11.7 Å². The Balaban J connectivity index is 1.73. The van der Waals surface area contributed by atoms with Gasteiger partial charge in [-0.05, 0) is 0 Å². The molecule has 1 amide bonds. The molecule has 0 fully saturated rings. The fourth-order valence-electron chi connectivity index (χ4n) is 1.84. The summed E-state index contributed by atoms with van der Waals surface area (Å²) in [5.74, 6) is 0.0432. The van der Waals surface area contributed by atoms with Crippen LogP contribution in [0, 0.1) is 0 Å². The Hall–Kier alpha value is -2.93. The monoisotopic (exact) mass is 324 g/mol. The molecule has 0 saturated heterocycles. The molecule has 0 aliphatic carbocycles. The highest BCUT2D eigenvalue weighted by Crippen LogP contribution is 2.17. The van der Waals surface area contributed by atoms with Crippen LogP contribution < -0.4 is 5.32 Å². The number of amides is 1. The second-order valence-corrected chi connectivity index (χ2v) is 5.57. The Morgan fingerprint density at radius 2 is 1.78 bits per heavy atom. The van der Waals surface area contributed by atoms with Gasteiger partial charge < -0.3 is 0 Å². The van der Waals surface area contributed by atoms with E-state index in [1.807, 2.05) is 30.3 Å². The third kappa shape index (κ3) is 3.46. The van der Waals surface area contributed by atoms with Crippen LogP contribution in [0.5, 0.6) is 0 Å². The first kappa shape index (κ1) is 15.0. The molecule has 7 heteroatoms. The molecule has 1 N–H and O–H groups in total. The molecule has 114 valence electrons. The number of rotatable bonds is 4. The van der Waals surface area contributed by atoms with Crippen LogP contribution in [-0.2, 0) is 0 Å². The summed E-state index contributed by atoms with van der Waals surface area (Å²) in [5.41, 5.74) is 1.54. The predicted molar refractivity (Wildman–Crippen MR) is 87.5 cm³/mol. The van der Waals surface area contributed by atoms with E-state index in [2.05, 4.69) is 20.3 Å². The fourth-order valence-corrected chi connectivity index (χ4v) is 2.59. The highest BCUT2D eigenvalue weighted by molar-refractivity contribution is 7.14. The number of hydrogen-bond acceptors (Lipinski definition) is 6. The number of carbonyl (C=O) groups excluding carboxylic acids is 2. The summed E-state index contributed by atoms with van der Waals surface area (Å²) in [4.78, 5) is 35.8. The topological polar surface area (TPSA) is 84.8 Å². The third-order valence-corrected chi connectivity index (χ3v) is 3.79. The maximum absolute atomic E-state index is 12.1. The van der Waals surface area contributed by atoms with E-state index in [0.29, 0.717) is 22.2 Å². The summed E-state index contributed by atoms with van der Waals surface area (Å²) in [6.07, 6.45) is 2.92. The van der Waals surface area contributed by atoms with Crippen LogP contribution in [0.3, 0.4) is 0 Å². The minimum Gasteiger partial charge on any atom is -0.298 e. The first-order valence-corrected chi connectivity index (χ1v) is 7.67. The first-order chi connectivity index (χ1) is 11.1. The molecule has 0 bridgehead atoms. The van der Waals surface area contributed by atoms with Crippen molar-refractivity contribution in [1.29, 1.82) is 0 Å². The van der Waals surface area contributed by atoms with Crippen molar-refractivity contribution < 1.29 is 9.59 Å². The Morgan fingerprint density at radius 3 is 2.39 bits per heavy atom. The van der Waals surface area contributed by atoms with Crippen LogP contribution in [0.4, 0.5) is 5.13 Å². The zero-order chi connectivity index (χ0) is 16.2. The molecule has 3 rings (SSSR count). The average molecular weight is 324 g/mol. The van der Waals surface area contributed by atoms with E-state index in [9.17, 15) is 9.59 Å². The van der Waals surface area contributed by atoms with Crippen molar-refractivity contribution in [2.45, 2.75) is 6.92 Å². The Kier molecular flexibility index (Phi) is 4.20. The van der Waals surface area contributed by atoms with Gasteiger partial charge in [-0.15, -0.1) is 11.3 Å². The van der Waals surface area contributed by atoms with E-state index in [1.54, 1.807) is 5.38 Å². The number of carbonyl (C=O) groups is 2. The Bertz CT molecular complexity index is 844. The summed E-state index contributed by atoms with van der Waals surface area (Å²) in [6.45, 7) is 1.43. The van der Waals surface area contributed by atoms with E-state index in [4.69, 9.17) is 0 Å². The van der Waals surface area contributed by atoms with Gasteiger partial charge in [0.1, 0.15) is 5.69 Å². The smallest absolute Gasteiger partial charge is 0.260 e. The molecule has 2 aromatic heterocycles. The van der Waals surface area contributed by atoms with Gasteiger partial charge in [-0.2, -0.15) is 0 Å². The fraction of sp³-hybridized carbons (Fsp3) is 0.0625. The molecule has 6 nitrogen and oxygen atoms in total. The number of thiazole rings is 1. The van der Waals surface area contributed by atoms with Gasteiger partial charge in [0, 0.05) is 30.3 Å². The SMILES string of the molecule is CC(=O)c1csc(NC(=O)c2cnc(-c3ccccc3)nc2)n1. The molecule has 1 aromatic carbocycles. The van der Waals surface area contributed by atoms with Gasteiger partial charge in [0.2, 0.25) is 0 Å². The van der Waals surface area contributed by atoms with E-state index in [1.165, 1.54) is 30.7 Å². The summed E-state index contributed by atoms with van der Waals surface area (Å²) in [6, 6.07) is 9.50. The first-order valence-electron chi connectivity index (χ1n) is 6.79. The molecule has 0 aliphatic heterocycles. The lowest BCUT2D eigenvalue weighted by Gasteiger charge is -2.03. The summed E-state index contributed by atoms with van der Waals surface area (Å²) in [7, 11) is 0. The number of anilines is 1. The zero-order valence-electron chi connectivity index (χ0n) is 12.2. The van der Waals surface area contributed by atoms with Crippen LogP contribution in [0.1, 0.15) is 27.8 Å². The number of nitrogens with zero attached hydrogens (tertiary/aromatic N) is 3. The molecular formula is C16H12N4O2S. The van der Waals surface area contributed by atoms with Crippen molar-refractivity contribution in [2.24, 2.45) is 0 Å². The van der Waals surface area contributed by atoms with Crippen LogP contribution in [0.15, 0.2) is 48.1 Å². The molecule has 0 radical (unpaired) electrons. The lowest BCUT2D eigenvalue weighted by Crippen LogP contribution is -2.13. The molecule has 0 unspecified atom stereocenters. The quantitative estimate of drug-likeness (QED) is 0.746. The molecule has 0 atom stereocenters. The molecule has 0 saturated carbocycles. The second kappa shape index (κ2) is 6.45. The van der Waals surface area contributed by atoms with E-state index >= 15 is 0 Å². The Morgan fingerprint density at radius 1 is 1.09 bits per heavy atom. The lowest BCUT2D eigenvalue weighted by atomic mass is 10.2. The minimum absolute atomic E-state index is 0.141. The van der Waals surface area contributed by atoms with Crippen molar-refractivity contribution in [3.8, 4) is 11.4 Å². The molecule has 3 aromatic rings. The Labute approximate surface area is 136 Å². The standard InChI is InChI=1S/C16H12N4O2S/c1-10(21)13-9-23-16(19-13)20-15(22)12-7-17-14(18-8-12)11-5-3-2-4-6-11/h2-9H,1H3,(H,19,20,22). The number of nitrogens with one attached hydrogen (secondary N) is 1. The highest BCUT2D eigenvalue weighted by Gasteiger charge is 2.12. The van der Waals surface area contributed by atoms with Crippen LogP contribution in [-0.4, -0.2) is 26.6 Å². The summed E-state index contributed by atoms with van der Waals surface area (Å²) >= 11 is 1.20. The van der Waals surface area contributed by atoms with E-state index < -0.39 is 0 Å². The molecule has 0 aliphatic rings. The van der Waals surface area contributed by atoms with Crippen molar-refractivity contribution in [2.75, 3.05) is 5.32 Å².